The van der Waals surface area contributed by atoms with Gasteiger partial charge in [-0.2, -0.15) is 0 Å². The molecule has 0 N–H and O–H groups in total. The van der Waals surface area contributed by atoms with Gasteiger partial charge in [0.25, 0.3) is 0 Å². The fourth-order valence-corrected chi connectivity index (χ4v) is 1.69. The van der Waals surface area contributed by atoms with Crippen LogP contribution in [-0.2, 0) is 4.74 Å². The van der Waals surface area contributed by atoms with Crippen molar-refractivity contribution in [2.75, 3.05) is 6.61 Å². The molecule has 0 bridgehead atoms. The normalized spacial score (nSPS) is 11.1. The Morgan fingerprint density at radius 3 is 3.00 bits per heavy atom. The molecular formula is C15H17NO. The van der Waals surface area contributed by atoms with Crippen molar-refractivity contribution in [2.24, 2.45) is 0 Å². The highest BCUT2D eigenvalue weighted by atomic mass is 16.5. The lowest BCUT2D eigenvalue weighted by atomic mass is 10.1. The van der Waals surface area contributed by atoms with Gasteiger partial charge in [-0.15, -0.1) is 0 Å². The maximum Gasteiger partial charge on any atom is 0.0873 e. The number of hydrogen-bond donors (Lipinski definition) is 0. The summed E-state index contributed by atoms with van der Waals surface area (Å²) >= 11 is 0. The van der Waals surface area contributed by atoms with Crippen LogP contribution in [-0.4, -0.2) is 11.6 Å². The minimum absolute atomic E-state index is 0.783. The first-order valence-electron chi connectivity index (χ1n) is 6.02. The summed E-state index contributed by atoms with van der Waals surface area (Å²) in [6.07, 6.45) is 9.73. The van der Waals surface area contributed by atoms with E-state index < -0.39 is 0 Å². The smallest absolute Gasteiger partial charge is 0.0873 e. The van der Waals surface area contributed by atoms with Gasteiger partial charge in [0.1, 0.15) is 0 Å². The summed E-state index contributed by atoms with van der Waals surface area (Å²) in [4.78, 5) is 4.22. The zero-order chi connectivity index (χ0) is 11.9. The van der Waals surface area contributed by atoms with Gasteiger partial charge in [-0.1, -0.05) is 37.6 Å². The highest BCUT2D eigenvalue weighted by Gasteiger charge is 1.96. The number of rotatable bonds is 5. The van der Waals surface area contributed by atoms with Crippen LogP contribution < -0.4 is 0 Å². The van der Waals surface area contributed by atoms with Crippen molar-refractivity contribution >= 4 is 16.8 Å². The Hall–Kier alpha value is -1.83. The third-order valence-electron chi connectivity index (χ3n) is 2.66. The second kappa shape index (κ2) is 6.04. The molecule has 1 heterocycles. The van der Waals surface area contributed by atoms with Crippen molar-refractivity contribution in [1.82, 2.24) is 4.98 Å². The summed E-state index contributed by atoms with van der Waals surface area (Å²) in [5, 5.41) is 2.36. The second-order valence-corrected chi connectivity index (χ2v) is 3.98. The molecule has 0 saturated heterocycles. The largest absolute Gasteiger partial charge is 0.501 e. The van der Waals surface area contributed by atoms with Gasteiger partial charge in [0.2, 0.25) is 0 Å². The van der Waals surface area contributed by atoms with Gasteiger partial charge >= 0.3 is 0 Å². The zero-order valence-electron chi connectivity index (χ0n) is 10.1. The maximum absolute atomic E-state index is 5.42. The fourth-order valence-electron chi connectivity index (χ4n) is 1.69. The number of aromatic nitrogens is 1. The van der Waals surface area contributed by atoms with Crippen molar-refractivity contribution in [3.05, 3.63) is 48.5 Å². The van der Waals surface area contributed by atoms with Crippen LogP contribution in [0.4, 0.5) is 0 Å². The van der Waals surface area contributed by atoms with Crippen LogP contribution in [0.2, 0.25) is 0 Å². The average Bonchev–Trinajstić information content (AvgIpc) is 2.39. The second-order valence-electron chi connectivity index (χ2n) is 3.98. The van der Waals surface area contributed by atoms with Crippen LogP contribution in [0.5, 0.6) is 0 Å². The molecule has 2 aromatic rings. The van der Waals surface area contributed by atoms with E-state index in [2.05, 4.69) is 24.0 Å². The van der Waals surface area contributed by atoms with Crippen molar-refractivity contribution in [3.63, 3.8) is 0 Å². The molecule has 1 aromatic carbocycles. The Bertz CT molecular complexity index is 500. The predicted molar refractivity (Wildman–Crippen MR) is 71.6 cm³/mol. The van der Waals surface area contributed by atoms with E-state index in [0.717, 1.165) is 30.4 Å². The van der Waals surface area contributed by atoms with Crippen LogP contribution in [0, 0.1) is 0 Å². The molecule has 0 aliphatic rings. The molecule has 0 unspecified atom stereocenters. The minimum atomic E-state index is 0.783. The minimum Gasteiger partial charge on any atom is -0.501 e. The number of benzene rings is 1. The Balaban J connectivity index is 2.13. The van der Waals surface area contributed by atoms with Crippen molar-refractivity contribution in [1.29, 1.82) is 0 Å². The van der Waals surface area contributed by atoms with E-state index in [1.807, 2.05) is 30.6 Å². The SMILES string of the molecule is CCCCO/C=C/c1cncc2ccccc12. The van der Waals surface area contributed by atoms with Crippen LogP contribution in [0.25, 0.3) is 16.8 Å². The highest BCUT2D eigenvalue weighted by molar-refractivity contribution is 5.89. The van der Waals surface area contributed by atoms with E-state index in [1.165, 1.54) is 5.39 Å². The fraction of sp³-hybridized carbons (Fsp3) is 0.267. The third-order valence-corrected chi connectivity index (χ3v) is 2.66. The molecule has 2 heteroatoms. The van der Waals surface area contributed by atoms with E-state index >= 15 is 0 Å². The quantitative estimate of drug-likeness (QED) is 0.568. The van der Waals surface area contributed by atoms with Gasteiger partial charge in [-0.25, -0.2) is 0 Å². The van der Waals surface area contributed by atoms with Gasteiger partial charge in [0, 0.05) is 23.3 Å². The highest BCUT2D eigenvalue weighted by Crippen LogP contribution is 2.17. The molecule has 2 rings (SSSR count). The first-order valence-corrected chi connectivity index (χ1v) is 6.02. The number of ether oxygens (including phenoxy) is 1. The Labute approximate surface area is 102 Å². The van der Waals surface area contributed by atoms with E-state index in [1.54, 1.807) is 6.26 Å². The lowest BCUT2D eigenvalue weighted by Crippen LogP contribution is -1.86. The Morgan fingerprint density at radius 1 is 1.24 bits per heavy atom. The van der Waals surface area contributed by atoms with Crippen LogP contribution in [0.1, 0.15) is 25.3 Å². The molecule has 0 spiro atoms. The number of fused-ring (bicyclic) bond motifs is 1. The summed E-state index contributed by atoms with van der Waals surface area (Å²) in [5.74, 6) is 0. The molecule has 0 atom stereocenters. The van der Waals surface area contributed by atoms with Crippen LogP contribution in [0.15, 0.2) is 42.9 Å². The first-order chi connectivity index (χ1) is 8.42. The summed E-state index contributed by atoms with van der Waals surface area (Å²) in [6, 6.07) is 8.23. The van der Waals surface area contributed by atoms with Gasteiger partial charge in [0.15, 0.2) is 0 Å². The van der Waals surface area contributed by atoms with Gasteiger partial charge < -0.3 is 4.74 Å². The molecule has 0 amide bonds. The topological polar surface area (TPSA) is 22.1 Å². The molecule has 0 fully saturated rings. The lowest BCUT2D eigenvalue weighted by Gasteiger charge is -2.01. The number of unbranched alkanes of at least 4 members (excludes halogenated alkanes) is 1. The molecule has 1 aromatic heterocycles. The van der Waals surface area contributed by atoms with Crippen molar-refractivity contribution in [3.8, 4) is 0 Å². The van der Waals surface area contributed by atoms with Crippen molar-refractivity contribution < 1.29 is 4.74 Å². The molecular weight excluding hydrogens is 210 g/mol. The Morgan fingerprint density at radius 2 is 2.12 bits per heavy atom. The summed E-state index contributed by atoms with van der Waals surface area (Å²) < 4.78 is 5.42. The van der Waals surface area contributed by atoms with E-state index in [0.29, 0.717) is 0 Å². The monoisotopic (exact) mass is 227 g/mol. The van der Waals surface area contributed by atoms with Gasteiger partial charge in [0.05, 0.1) is 12.9 Å². The molecule has 17 heavy (non-hydrogen) atoms. The van der Waals surface area contributed by atoms with E-state index in [-0.39, 0.29) is 0 Å². The number of hydrogen-bond acceptors (Lipinski definition) is 2. The molecule has 0 radical (unpaired) electrons. The van der Waals surface area contributed by atoms with Gasteiger partial charge in [-0.3, -0.25) is 4.98 Å². The standard InChI is InChI=1S/C15H17NO/c1-2-3-9-17-10-8-14-12-16-11-13-6-4-5-7-15(13)14/h4-8,10-12H,2-3,9H2,1H3/b10-8+. The number of nitrogens with zero attached hydrogens (tertiary/aromatic N) is 1. The predicted octanol–water partition coefficient (Wildman–Crippen LogP) is 4.02. The van der Waals surface area contributed by atoms with E-state index in [9.17, 15) is 0 Å². The molecule has 88 valence electrons. The average molecular weight is 227 g/mol. The summed E-state index contributed by atoms with van der Waals surface area (Å²) in [6.45, 7) is 2.94. The van der Waals surface area contributed by atoms with Crippen molar-refractivity contribution in [2.45, 2.75) is 19.8 Å². The molecule has 0 aliphatic heterocycles. The van der Waals surface area contributed by atoms with Gasteiger partial charge in [-0.05, 0) is 17.9 Å². The zero-order valence-corrected chi connectivity index (χ0v) is 10.1. The summed E-state index contributed by atoms with van der Waals surface area (Å²) in [5.41, 5.74) is 1.10. The third kappa shape index (κ3) is 3.06. The number of pyridine rings is 1. The van der Waals surface area contributed by atoms with Crippen LogP contribution in [0.3, 0.4) is 0 Å². The molecule has 0 saturated carbocycles. The van der Waals surface area contributed by atoms with E-state index in [4.69, 9.17) is 4.74 Å². The maximum atomic E-state index is 5.42. The molecule has 0 aliphatic carbocycles. The lowest BCUT2D eigenvalue weighted by molar-refractivity contribution is 0.246. The Kier molecular flexibility index (Phi) is 4.14. The molecule has 2 nitrogen and oxygen atoms in total. The first kappa shape index (κ1) is 11.6. The summed E-state index contributed by atoms with van der Waals surface area (Å²) in [7, 11) is 0. The van der Waals surface area contributed by atoms with Crippen LogP contribution >= 0.6 is 0 Å².